The lowest BCUT2D eigenvalue weighted by atomic mass is 9.69. The highest BCUT2D eigenvalue weighted by atomic mass is 15.0. The Labute approximate surface area is 649 Å². The average molecular weight is 1420 g/mol. The molecular formula is C110H68N2. The van der Waals surface area contributed by atoms with Crippen LogP contribution in [-0.2, 0) is 10.8 Å². The number of benzene rings is 18. The molecule has 0 fully saturated rings. The molecule has 2 spiro atoms. The Morgan fingerprint density at radius 2 is 0.455 bits per heavy atom. The molecule has 2 heterocycles. The molecule has 0 amide bonds. The minimum Gasteiger partial charge on any atom is -0.309 e. The van der Waals surface area contributed by atoms with Crippen LogP contribution >= 0.6 is 0 Å². The summed E-state index contributed by atoms with van der Waals surface area (Å²) in [6.07, 6.45) is 9.18. The first-order chi connectivity index (χ1) is 55.5. The molecule has 0 N–H and O–H groups in total. The predicted molar refractivity (Wildman–Crippen MR) is 470 cm³/mol. The number of fused-ring (bicyclic) bond motifs is 28. The van der Waals surface area contributed by atoms with E-state index in [1.54, 1.807) is 0 Å². The largest absolute Gasteiger partial charge is 0.309 e. The maximum atomic E-state index is 2.56. The van der Waals surface area contributed by atoms with Gasteiger partial charge in [0.25, 0.3) is 0 Å². The van der Waals surface area contributed by atoms with Crippen molar-refractivity contribution in [3.05, 3.63) is 455 Å². The molecule has 0 radical (unpaired) electrons. The number of hydrogen-bond donors (Lipinski definition) is 0. The highest BCUT2D eigenvalue weighted by Gasteiger charge is 2.54. The monoisotopic (exact) mass is 1420 g/mol. The molecule has 20 aromatic rings. The summed E-state index contributed by atoms with van der Waals surface area (Å²) >= 11 is 0. The normalized spacial score (nSPS) is 13.6. The Morgan fingerprint density at radius 3 is 0.866 bits per heavy atom. The van der Waals surface area contributed by atoms with Crippen LogP contribution < -0.4 is 0 Å². The van der Waals surface area contributed by atoms with Gasteiger partial charge < -0.3 is 9.13 Å². The maximum absolute atomic E-state index is 2.56. The fraction of sp³-hybridized carbons (Fsp3) is 0.0182. The van der Waals surface area contributed by atoms with E-state index in [0.717, 1.165) is 11.1 Å². The van der Waals surface area contributed by atoms with E-state index in [-0.39, 0.29) is 0 Å². The molecule has 112 heavy (non-hydrogen) atoms. The first kappa shape index (κ1) is 62.6. The summed E-state index contributed by atoms with van der Waals surface area (Å²) in [4.78, 5) is 0. The first-order valence-corrected chi connectivity index (χ1v) is 39.1. The lowest BCUT2D eigenvalue weighted by Gasteiger charge is -2.31. The molecule has 0 saturated carbocycles. The zero-order chi connectivity index (χ0) is 73.3. The Balaban J connectivity index is 0.563. The van der Waals surface area contributed by atoms with Gasteiger partial charge in [-0.3, -0.25) is 0 Å². The molecule has 0 saturated heterocycles. The van der Waals surface area contributed by atoms with Crippen LogP contribution in [0.2, 0.25) is 0 Å². The van der Waals surface area contributed by atoms with Crippen molar-refractivity contribution in [1.29, 1.82) is 0 Å². The van der Waals surface area contributed by atoms with Gasteiger partial charge in [-0.2, -0.15) is 0 Å². The van der Waals surface area contributed by atoms with E-state index in [1.807, 2.05) is 0 Å². The van der Waals surface area contributed by atoms with Gasteiger partial charge in [-0.05, 0) is 251 Å². The van der Waals surface area contributed by atoms with E-state index in [0.29, 0.717) is 0 Å². The second kappa shape index (κ2) is 24.0. The third kappa shape index (κ3) is 9.03. The summed E-state index contributed by atoms with van der Waals surface area (Å²) in [5.41, 5.74) is 38.8. The van der Waals surface area contributed by atoms with Gasteiger partial charge in [-0.1, -0.05) is 328 Å². The van der Waals surface area contributed by atoms with Crippen molar-refractivity contribution in [3.63, 3.8) is 0 Å². The lowest BCUT2D eigenvalue weighted by molar-refractivity contribution is 0.792. The third-order valence-corrected chi connectivity index (χ3v) is 25.3. The van der Waals surface area contributed by atoms with Gasteiger partial charge in [0.2, 0.25) is 0 Å². The average Bonchev–Trinajstić information content (AvgIpc) is 1.51. The fourth-order valence-corrected chi connectivity index (χ4v) is 20.3. The molecule has 4 aliphatic rings. The van der Waals surface area contributed by atoms with Gasteiger partial charge in [-0.25, -0.2) is 0 Å². The smallest absolute Gasteiger partial charge is 0.0725 e. The van der Waals surface area contributed by atoms with E-state index >= 15 is 0 Å². The zero-order valence-electron chi connectivity index (χ0n) is 61.2. The predicted octanol–water partition coefficient (Wildman–Crippen LogP) is 28.2. The van der Waals surface area contributed by atoms with Crippen LogP contribution in [0.5, 0.6) is 0 Å². The first-order valence-electron chi connectivity index (χ1n) is 39.1. The van der Waals surface area contributed by atoms with Crippen molar-refractivity contribution in [2.75, 3.05) is 0 Å². The van der Waals surface area contributed by atoms with Crippen LogP contribution in [0.3, 0.4) is 0 Å². The Hall–Kier alpha value is -14.4. The van der Waals surface area contributed by atoms with Crippen LogP contribution in [0.1, 0.15) is 66.8 Å². The summed E-state index contributed by atoms with van der Waals surface area (Å²) in [6.45, 7) is 0. The van der Waals surface area contributed by atoms with Crippen molar-refractivity contribution in [2.45, 2.75) is 10.8 Å². The van der Waals surface area contributed by atoms with E-state index in [9.17, 15) is 0 Å². The van der Waals surface area contributed by atoms with Crippen molar-refractivity contribution < 1.29 is 0 Å². The van der Waals surface area contributed by atoms with Crippen LogP contribution in [0.25, 0.3) is 179 Å². The standard InChI is InChI=1S/C110H68N2/c1-3-19-77-63-83(53-47-73(77)17-1)111-105-31-15-9-25-93(105)95-65-79(51-59-107(95)111)75-43-37-69(38-44-75)33-35-71-41-55-89-91-57-49-81(67-103(91)109(101(89)61-71)97-27-11-5-21-85(97)86-22-6-12-28-98(86)109)82-50-58-92-90-56-42-72(62-102(90)110(104(92)68-82)99-29-13-7-23-87(99)88-24-8-14-30-100(88)110)36-34-70-39-45-76(46-40-70)80-52-60-108-96(66-80)94-26-10-16-32-106(94)112(108)84-54-48-74-18-2-4-20-78(74)64-84/h1-68H. The second-order valence-electron chi connectivity index (χ2n) is 31.0. The molecule has 4 aliphatic carbocycles. The van der Waals surface area contributed by atoms with E-state index < -0.39 is 10.8 Å². The van der Waals surface area contributed by atoms with Gasteiger partial charge in [0.1, 0.15) is 0 Å². The summed E-state index contributed by atoms with van der Waals surface area (Å²) < 4.78 is 4.83. The topological polar surface area (TPSA) is 9.86 Å². The van der Waals surface area contributed by atoms with Crippen LogP contribution in [0, 0.1) is 0 Å². The molecule has 2 heteroatoms. The molecule has 2 aromatic heterocycles. The number of rotatable bonds is 9. The van der Waals surface area contributed by atoms with Crippen LogP contribution in [0.4, 0.5) is 0 Å². The van der Waals surface area contributed by atoms with Gasteiger partial charge in [0.15, 0.2) is 0 Å². The van der Waals surface area contributed by atoms with Gasteiger partial charge in [-0.15, -0.1) is 0 Å². The highest BCUT2D eigenvalue weighted by Crippen LogP contribution is 2.66. The summed E-state index contributed by atoms with van der Waals surface area (Å²) in [7, 11) is 0. The maximum Gasteiger partial charge on any atom is 0.0725 e. The summed E-state index contributed by atoms with van der Waals surface area (Å²) in [5, 5.41) is 9.97. The van der Waals surface area contributed by atoms with Gasteiger partial charge in [0, 0.05) is 32.9 Å². The van der Waals surface area contributed by atoms with Crippen molar-refractivity contribution >= 4 is 89.5 Å². The summed E-state index contributed by atoms with van der Waals surface area (Å²) in [5.74, 6) is 0. The SMILES string of the molecule is C(=Cc1ccc2c(c1)C1(c3ccccc3-c3ccccc31)c1cc(-c3ccc4c(c3)C3(c5ccccc5-c5ccccc53)c3cc(C=Cc5ccc(-c6ccc7c(c6)c6ccccc6n7-c6ccc7ccccc7c6)cc5)ccc3-4)ccc1-2)c1ccc(-c2ccc3c(c2)c2ccccc2n3-c2ccc3ccccc3c2)cc1. The molecule has 2 nitrogen and oxygen atoms in total. The fourth-order valence-electron chi connectivity index (χ4n) is 20.3. The number of aromatic nitrogens is 2. The number of hydrogen-bond acceptors (Lipinski definition) is 0. The second-order valence-corrected chi connectivity index (χ2v) is 31.0. The third-order valence-electron chi connectivity index (χ3n) is 25.3. The molecule has 0 aliphatic heterocycles. The zero-order valence-corrected chi connectivity index (χ0v) is 61.2. The van der Waals surface area contributed by atoms with Crippen molar-refractivity contribution in [3.8, 4) is 89.3 Å². The van der Waals surface area contributed by atoms with E-state index in [1.165, 1.54) is 210 Å². The lowest BCUT2D eigenvalue weighted by Crippen LogP contribution is -2.26. The molecular weight excluding hydrogens is 1350 g/mol. The van der Waals surface area contributed by atoms with E-state index in [2.05, 4.69) is 422 Å². The molecule has 0 unspecified atom stereocenters. The molecule has 24 rings (SSSR count). The molecule has 0 bridgehead atoms. The van der Waals surface area contributed by atoms with Crippen molar-refractivity contribution in [2.24, 2.45) is 0 Å². The Kier molecular flexibility index (Phi) is 13.4. The number of para-hydroxylation sites is 2. The molecule has 518 valence electrons. The molecule has 18 aromatic carbocycles. The minimum absolute atomic E-state index is 0.552. The molecule has 0 atom stereocenters. The van der Waals surface area contributed by atoms with Crippen LogP contribution in [0.15, 0.2) is 388 Å². The van der Waals surface area contributed by atoms with Crippen molar-refractivity contribution in [1.82, 2.24) is 9.13 Å². The minimum atomic E-state index is -0.552. The van der Waals surface area contributed by atoms with Gasteiger partial charge >= 0.3 is 0 Å². The van der Waals surface area contributed by atoms with Gasteiger partial charge in [0.05, 0.1) is 32.9 Å². The number of nitrogens with zero attached hydrogens (tertiary/aromatic N) is 2. The highest BCUT2D eigenvalue weighted by molar-refractivity contribution is 6.13. The van der Waals surface area contributed by atoms with Crippen LogP contribution in [-0.4, -0.2) is 9.13 Å². The quantitative estimate of drug-likeness (QED) is 0.128. The summed E-state index contributed by atoms with van der Waals surface area (Å²) in [6, 6.07) is 146. The van der Waals surface area contributed by atoms with E-state index in [4.69, 9.17) is 0 Å². The Morgan fingerprint density at radius 1 is 0.170 bits per heavy atom. The Bertz CT molecular complexity index is 6960.